The van der Waals surface area contributed by atoms with E-state index in [4.69, 9.17) is 9.47 Å². The van der Waals surface area contributed by atoms with Crippen molar-refractivity contribution in [3.05, 3.63) is 12.2 Å². The Bertz CT molecular complexity index is 339. The highest BCUT2D eigenvalue weighted by Gasteiger charge is 2.19. The number of nitrogens with one attached hydrogen (secondary N) is 1. The van der Waals surface area contributed by atoms with Gasteiger partial charge in [0.25, 0.3) is 0 Å². The van der Waals surface area contributed by atoms with E-state index in [2.05, 4.69) is 38.2 Å². The van der Waals surface area contributed by atoms with Gasteiger partial charge in [0.1, 0.15) is 6.10 Å². The zero-order valence-corrected chi connectivity index (χ0v) is 14.5. The highest BCUT2D eigenvalue weighted by atomic mass is 16.6. The third-order valence-corrected chi connectivity index (χ3v) is 3.98. The number of rotatable bonds is 8. The summed E-state index contributed by atoms with van der Waals surface area (Å²) in [5, 5.41) is 2.85. The molecule has 0 spiro atoms. The second-order valence-corrected chi connectivity index (χ2v) is 6.65. The van der Waals surface area contributed by atoms with E-state index in [9.17, 15) is 4.79 Å². The first-order chi connectivity index (χ1) is 10.5. The number of hydrogen-bond donors (Lipinski definition) is 1. The normalized spacial score (nSPS) is 20.8. The van der Waals surface area contributed by atoms with Crippen molar-refractivity contribution in [3.63, 3.8) is 0 Å². The van der Waals surface area contributed by atoms with E-state index in [1.165, 1.54) is 0 Å². The van der Waals surface area contributed by atoms with Crippen LogP contribution in [-0.2, 0) is 9.47 Å². The number of alkyl carbamates (subject to hydrolysis) is 1. The Morgan fingerprint density at radius 3 is 2.82 bits per heavy atom. The number of ether oxygens (including phenoxy) is 2. The molecule has 0 aliphatic heterocycles. The van der Waals surface area contributed by atoms with Crippen LogP contribution in [0.5, 0.6) is 0 Å². The fourth-order valence-electron chi connectivity index (χ4n) is 2.47. The molecule has 1 aliphatic rings. The maximum absolute atomic E-state index is 11.9. The van der Waals surface area contributed by atoms with Gasteiger partial charge in [0.2, 0.25) is 0 Å². The van der Waals surface area contributed by atoms with Crippen LogP contribution < -0.4 is 5.32 Å². The summed E-state index contributed by atoms with van der Waals surface area (Å²) in [7, 11) is 0. The molecule has 0 radical (unpaired) electrons. The predicted molar refractivity (Wildman–Crippen MR) is 90.1 cm³/mol. The average Bonchev–Trinajstić information content (AvgIpc) is 2.41. The first-order valence-electron chi connectivity index (χ1n) is 8.77. The van der Waals surface area contributed by atoms with Crippen LogP contribution in [0.2, 0.25) is 0 Å². The molecule has 0 aromatic rings. The van der Waals surface area contributed by atoms with Gasteiger partial charge >= 0.3 is 6.09 Å². The van der Waals surface area contributed by atoms with E-state index in [1.54, 1.807) is 0 Å². The van der Waals surface area contributed by atoms with Crippen molar-refractivity contribution in [3.8, 4) is 0 Å². The quantitative estimate of drug-likeness (QED) is 0.527. The Morgan fingerprint density at radius 1 is 1.27 bits per heavy atom. The fourth-order valence-corrected chi connectivity index (χ4v) is 2.47. The van der Waals surface area contributed by atoms with Crippen LogP contribution in [0.4, 0.5) is 4.79 Å². The van der Waals surface area contributed by atoms with E-state index in [-0.39, 0.29) is 17.8 Å². The Labute approximate surface area is 135 Å². The molecule has 4 heteroatoms. The van der Waals surface area contributed by atoms with Gasteiger partial charge in [-0.1, -0.05) is 25.5 Å². The molecule has 0 heterocycles. The zero-order chi connectivity index (χ0) is 16.3. The summed E-state index contributed by atoms with van der Waals surface area (Å²) in [4.78, 5) is 11.9. The van der Waals surface area contributed by atoms with Gasteiger partial charge in [-0.25, -0.2) is 4.79 Å². The van der Waals surface area contributed by atoms with E-state index < -0.39 is 0 Å². The van der Waals surface area contributed by atoms with Crippen molar-refractivity contribution < 1.29 is 14.3 Å². The Balaban J connectivity index is 2.17. The van der Waals surface area contributed by atoms with Gasteiger partial charge < -0.3 is 14.8 Å². The Hall–Kier alpha value is -1.03. The van der Waals surface area contributed by atoms with Gasteiger partial charge in [0, 0.05) is 13.2 Å². The van der Waals surface area contributed by atoms with Crippen LogP contribution in [-0.4, -0.2) is 30.9 Å². The lowest BCUT2D eigenvalue weighted by Crippen LogP contribution is -2.35. The molecule has 128 valence electrons. The standard InChI is InChI=1S/C18H33NO3/c1-4-5-15-21-18(2,3)13-14-19-17(20)22-16-11-9-7-6-8-10-12-16/h6-7,16H,4-5,8-15H2,1-3H3,(H,19,20)/b7-6+. The second kappa shape index (κ2) is 10.7. The van der Waals surface area contributed by atoms with Gasteiger partial charge in [0.15, 0.2) is 0 Å². The minimum absolute atomic E-state index is 0.0544. The summed E-state index contributed by atoms with van der Waals surface area (Å²) in [6, 6.07) is 0. The first-order valence-corrected chi connectivity index (χ1v) is 8.77. The van der Waals surface area contributed by atoms with E-state index in [0.717, 1.165) is 58.0 Å². The van der Waals surface area contributed by atoms with Crippen LogP contribution in [0.3, 0.4) is 0 Å². The number of carbonyl (C=O) groups excluding carboxylic acids is 1. The highest BCUT2D eigenvalue weighted by Crippen LogP contribution is 2.16. The monoisotopic (exact) mass is 311 g/mol. The largest absolute Gasteiger partial charge is 0.446 e. The minimum Gasteiger partial charge on any atom is -0.446 e. The zero-order valence-electron chi connectivity index (χ0n) is 14.5. The molecule has 1 amide bonds. The number of unbranched alkanes of at least 4 members (excludes halogenated alkanes) is 1. The fraction of sp³-hybridized carbons (Fsp3) is 0.833. The maximum atomic E-state index is 11.9. The SMILES string of the molecule is CCCCOC(C)(C)CCNC(=O)OC1CC/C=C/CCC1. The lowest BCUT2D eigenvalue weighted by molar-refractivity contribution is -0.0242. The third kappa shape index (κ3) is 9.08. The summed E-state index contributed by atoms with van der Waals surface area (Å²) in [6.07, 6.45) is 12.2. The molecule has 4 nitrogen and oxygen atoms in total. The van der Waals surface area contributed by atoms with Crippen LogP contribution >= 0.6 is 0 Å². The molecular weight excluding hydrogens is 278 g/mol. The Morgan fingerprint density at radius 2 is 2.05 bits per heavy atom. The molecule has 1 aliphatic carbocycles. The summed E-state index contributed by atoms with van der Waals surface area (Å²) in [6.45, 7) is 7.65. The van der Waals surface area contributed by atoms with Gasteiger partial charge in [-0.05, 0) is 58.8 Å². The topological polar surface area (TPSA) is 47.6 Å². The van der Waals surface area contributed by atoms with Gasteiger partial charge in [-0.3, -0.25) is 0 Å². The summed E-state index contributed by atoms with van der Waals surface area (Å²) >= 11 is 0. The van der Waals surface area contributed by atoms with E-state index in [0.29, 0.717) is 6.54 Å². The van der Waals surface area contributed by atoms with Crippen molar-refractivity contribution in [2.75, 3.05) is 13.2 Å². The molecule has 1 unspecified atom stereocenters. The van der Waals surface area contributed by atoms with Crippen LogP contribution in [0, 0.1) is 0 Å². The summed E-state index contributed by atoms with van der Waals surface area (Å²) < 4.78 is 11.3. The molecule has 0 aromatic heterocycles. The highest BCUT2D eigenvalue weighted by molar-refractivity contribution is 5.67. The molecule has 1 N–H and O–H groups in total. The van der Waals surface area contributed by atoms with Crippen molar-refractivity contribution in [1.29, 1.82) is 0 Å². The van der Waals surface area contributed by atoms with E-state index >= 15 is 0 Å². The molecular formula is C18H33NO3. The predicted octanol–water partition coefficient (Wildman–Crippen LogP) is 4.59. The van der Waals surface area contributed by atoms with Crippen molar-refractivity contribution in [1.82, 2.24) is 5.32 Å². The molecule has 0 bridgehead atoms. The number of hydrogen-bond acceptors (Lipinski definition) is 3. The smallest absolute Gasteiger partial charge is 0.407 e. The van der Waals surface area contributed by atoms with Gasteiger partial charge in [0.05, 0.1) is 5.60 Å². The van der Waals surface area contributed by atoms with Crippen LogP contribution in [0.15, 0.2) is 12.2 Å². The van der Waals surface area contributed by atoms with Gasteiger partial charge in [-0.2, -0.15) is 0 Å². The molecule has 0 fully saturated rings. The molecule has 22 heavy (non-hydrogen) atoms. The van der Waals surface area contributed by atoms with Crippen molar-refractivity contribution >= 4 is 6.09 Å². The molecule has 0 saturated carbocycles. The number of amides is 1. The Kier molecular flexibility index (Phi) is 9.21. The summed E-state index contributed by atoms with van der Waals surface area (Å²) in [5.74, 6) is 0. The maximum Gasteiger partial charge on any atom is 0.407 e. The lowest BCUT2D eigenvalue weighted by atomic mass is 10.0. The number of carbonyl (C=O) groups is 1. The third-order valence-electron chi connectivity index (χ3n) is 3.98. The number of allylic oxidation sites excluding steroid dienone is 2. The summed E-state index contributed by atoms with van der Waals surface area (Å²) in [5.41, 5.74) is -0.201. The molecule has 1 atom stereocenters. The average molecular weight is 311 g/mol. The van der Waals surface area contributed by atoms with Crippen molar-refractivity contribution in [2.45, 2.75) is 83.8 Å². The molecule has 0 saturated heterocycles. The first kappa shape index (κ1) is 19.0. The van der Waals surface area contributed by atoms with Gasteiger partial charge in [-0.15, -0.1) is 0 Å². The minimum atomic E-state index is -0.293. The van der Waals surface area contributed by atoms with E-state index in [1.807, 2.05) is 0 Å². The van der Waals surface area contributed by atoms with Crippen molar-refractivity contribution in [2.24, 2.45) is 0 Å². The molecule has 1 rings (SSSR count). The van der Waals surface area contributed by atoms with Crippen LogP contribution in [0.1, 0.15) is 72.1 Å². The van der Waals surface area contributed by atoms with Crippen LogP contribution in [0.25, 0.3) is 0 Å². The molecule has 0 aromatic carbocycles. The lowest BCUT2D eigenvalue weighted by Gasteiger charge is -2.25. The second-order valence-electron chi connectivity index (χ2n) is 6.65.